The molecule has 0 amide bonds. The zero-order valence-electron chi connectivity index (χ0n) is 48.0. The second-order valence-corrected chi connectivity index (χ2v) is 21.3. The van der Waals surface area contributed by atoms with E-state index in [-0.39, 0.29) is 18.7 Å². The summed E-state index contributed by atoms with van der Waals surface area (Å²) in [5, 5.41) is 6.61. The van der Waals surface area contributed by atoms with Crippen molar-refractivity contribution in [2.24, 2.45) is 0 Å². The highest BCUT2D eigenvalue weighted by Crippen LogP contribution is 2.42. The van der Waals surface area contributed by atoms with Crippen LogP contribution >= 0.6 is 0 Å². The number of rotatable bonds is 23. The molecule has 0 radical (unpaired) electrons. The van der Waals surface area contributed by atoms with E-state index in [2.05, 4.69) is 54.7 Å². The zero-order valence-corrected chi connectivity index (χ0v) is 48.0. The molecule has 4 aliphatic heterocycles. The summed E-state index contributed by atoms with van der Waals surface area (Å²) in [6, 6.07) is 20.2. The van der Waals surface area contributed by atoms with Gasteiger partial charge in [0.15, 0.2) is 46.0 Å². The molecule has 4 fully saturated rings. The number of piperidine rings is 4. The van der Waals surface area contributed by atoms with Crippen molar-refractivity contribution in [1.82, 2.24) is 29.7 Å². The molecule has 430 valence electrons. The van der Waals surface area contributed by atoms with Gasteiger partial charge in [0.1, 0.15) is 24.9 Å². The van der Waals surface area contributed by atoms with Crippen molar-refractivity contribution in [3.8, 4) is 46.0 Å². The fourth-order valence-corrected chi connectivity index (χ4v) is 12.0. The Labute approximate surface area is 470 Å². The summed E-state index contributed by atoms with van der Waals surface area (Å²) < 4.78 is 60.4. The van der Waals surface area contributed by atoms with E-state index in [4.69, 9.17) is 57.8 Å². The number of fused-ring (bicyclic) bond motifs is 2. The Kier molecular flexibility index (Phi) is 18.7. The van der Waals surface area contributed by atoms with Crippen LogP contribution in [0.3, 0.4) is 0 Å². The number of nitrogens with zero attached hydrogens (tertiary/aromatic N) is 10. The van der Waals surface area contributed by atoms with E-state index in [1.165, 1.54) is 18.4 Å². The summed E-state index contributed by atoms with van der Waals surface area (Å²) in [5.41, 5.74) is 3.78. The summed E-state index contributed by atoms with van der Waals surface area (Å²) >= 11 is 0. The van der Waals surface area contributed by atoms with Gasteiger partial charge in [-0.05, 0) is 118 Å². The van der Waals surface area contributed by atoms with E-state index in [0.717, 1.165) is 167 Å². The summed E-state index contributed by atoms with van der Waals surface area (Å²) in [7, 11) is 9.99. The Morgan fingerprint density at radius 3 is 1.21 bits per heavy atom. The van der Waals surface area contributed by atoms with E-state index in [9.17, 15) is 4.39 Å². The van der Waals surface area contributed by atoms with E-state index in [0.29, 0.717) is 59.5 Å². The van der Waals surface area contributed by atoms with Gasteiger partial charge in [-0.3, -0.25) is 9.80 Å². The molecule has 4 aromatic carbocycles. The predicted molar refractivity (Wildman–Crippen MR) is 312 cm³/mol. The largest absolute Gasteiger partial charge is 0.493 e. The minimum Gasteiger partial charge on any atom is -0.493 e. The van der Waals surface area contributed by atoms with Crippen LogP contribution in [-0.4, -0.2) is 157 Å². The summed E-state index contributed by atoms with van der Waals surface area (Å²) in [5.74, 6) is 8.04. The molecule has 2 aromatic heterocycles. The van der Waals surface area contributed by atoms with Gasteiger partial charge < -0.3 is 47.7 Å². The van der Waals surface area contributed by atoms with Crippen LogP contribution in [0.2, 0.25) is 0 Å². The number of hydrogen-bond donors (Lipinski definition) is 0. The molecule has 0 atom stereocenters. The highest BCUT2D eigenvalue weighted by molar-refractivity contribution is 5.95. The normalized spacial score (nSPS) is 16.9. The summed E-state index contributed by atoms with van der Waals surface area (Å²) in [6.45, 7) is 10.3. The molecule has 0 bridgehead atoms. The van der Waals surface area contributed by atoms with E-state index >= 15 is 0 Å². The number of likely N-dealkylation sites (tertiary alicyclic amines) is 2. The van der Waals surface area contributed by atoms with Gasteiger partial charge in [-0.2, -0.15) is 9.97 Å². The van der Waals surface area contributed by atoms with Crippen LogP contribution in [0.25, 0.3) is 21.8 Å². The highest BCUT2D eigenvalue weighted by Gasteiger charge is 2.40. The Balaban J connectivity index is 1.11. The number of hydrazine groups is 1. The van der Waals surface area contributed by atoms with Gasteiger partial charge in [0, 0.05) is 88.4 Å². The van der Waals surface area contributed by atoms with Gasteiger partial charge in [-0.1, -0.05) is 19.1 Å². The number of halogens is 1. The first kappa shape index (κ1) is 56.3. The third kappa shape index (κ3) is 12.5. The number of methoxy groups -OCH3 is 6. The maximum atomic E-state index is 13.3. The van der Waals surface area contributed by atoms with Crippen molar-refractivity contribution in [3.63, 3.8) is 0 Å². The van der Waals surface area contributed by atoms with Crippen molar-refractivity contribution in [2.75, 3.05) is 135 Å². The van der Waals surface area contributed by atoms with Gasteiger partial charge in [-0.25, -0.2) is 24.4 Å². The van der Waals surface area contributed by atoms with E-state index < -0.39 is 6.67 Å². The lowest BCUT2D eigenvalue weighted by molar-refractivity contribution is 0.182. The molecule has 0 spiro atoms. The number of anilines is 4. The average molecular weight is 1100 g/mol. The van der Waals surface area contributed by atoms with Crippen LogP contribution in [0.4, 0.5) is 27.9 Å². The number of benzene rings is 4. The van der Waals surface area contributed by atoms with Gasteiger partial charge in [-0.15, -0.1) is 0 Å². The molecular weight excluding hydrogens is 1020 g/mol. The molecule has 80 heavy (non-hydrogen) atoms. The van der Waals surface area contributed by atoms with Crippen molar-refractivity contribution in [1.29, 1.82) is 0 Å². The summed E-state index contributed by atoms with van der Waals surface area (Å²) in [6.07, 6.45) is 10.8. The molecule has 0 N–H and O–H groups in total. The number of hydrogen-bond acceptors (Lipinski definition) is 18. The maximum absolute atomic E-state index is 13.3. The standard InChI is InChI=1S/C61H81FN10O8/c1-8-32-79-56-34-42(15-17-50(56)73-2)40-67-28-19-44(20-29-67)71(60-63-48-38-54(77-6)52(75-4)36-46(48)58(65-60)69-24-11-9-12-25-69)72(45-21-30-68(31-22-45)41-43-16-18-51(74-3)57(35-43)80-33-23-62)61-64-49-39-55(78-7)53(76-5)37-47(49)59(66-61)70-26-13-10-14-27-70/h15-18,34-39,44-45H,8-14,19-33,40-41H2,1-7H3. The molecule has 19 heteroatoms. The van der Waals surface area contributed by atoms with Crippen LogP contribution in [0.1, 0.15) is 88.7 Å². The van der Waals surface area contributed by atoms with E-state index in [1.54, 1.807) is 42.7 Å². The van der Waals surface area contributed by atoms with Crippen LogP contribution in [0.5, 0.6) is 46.0 Å². The average Bonchev–Trinajstić information content (AvgIpc) is 3.59. The Morgan fingerprint density at radius 2 is 0.838 bits per heavy atom. The first-order valence-electron chi connectivity index (χ1n) is 28.8. The van der Waals surface area contributed by atoms with Crippen LogP contribution in [-0.2, 0) is 13.1 Å². The quantitative estimate of drug-likeness (QED) is 0.0561. The molecule has 6 heterocycles. The van der Waals surface area contributed by atoms with Crippen molar-refractivity contribution in [3.05, 3.63) is 71.8 Å². The second-order valence-electron chi connectivity index (χ2n) is 21.3. The Bertz CT molecular complexity index is 2820. The van der Waals surface area contributed by atoms with Gasteiger partial charge in [0.2, 0.25) is 11.9 Å². The molecule has 18 nitrogen and oxygen atoms in total. The predicted octanol–water partition coefficient (Wildman–Crippen LogP) is 10.3. The monoisotopic (exact) mass is 1100 g/mol. The lowest BCUT2D eigenvalue weighted by Crippen LogP contribution is -2.60. The van der Waals surface area contributed by atoms with E-state index in [1.807, 2.05) is 42.5 Å². The minimum atomic E-state index is -0.581. The van der Waals surface area contributed by atoms with Crippen molar-refractivity contribution >= 4 is 45.3 Å². The molecule has 10 rings (SSSR count). The molecule has 0 saturated carbocycles. The number of alkyl halides is 1. The lowest BCUT2D eigenvalue weighted by atomic mass is 10.0. The molecule has 0 aliphatic carbocycles. The SMILES string of the molecule is CCCOc1cc(CN2CCC(N(c3nc(N4CCCCC4)c4cc(OC)c(OC)cc4n3)N(c3nc(N4CCCCC4)c4cc(OC)c(OC)cc4n3)C3CCN(Cc4ccc(OC)c(OCCF)c4)CC3)CC2)ccc1OC. The second kappa shape index (κ2) is 26.5. The highest BCUT2D eigenvalue weighted by atomic mass is 19.1. The third-order valence-electron chi connectivity index (χ3n) is 16.2. The molecule has 6 aromatic rings. The fraction of sp³-hybridized carbons (Fsp3) is 0.541. The van der Waals surface area contributed by atoms with Gasteiger partial charge in [0.25, 0.3) is 0 Å². The smallest absolute Gasteiger partial charge is 0.247 e. The number of aromatic nitrogens is 4. The Morgan fingerprint density at radius 1 is 0.450 bits per heavy atom. The minimum absolute atomic E-state index is 0.0343. The zero-order chi connectivity index (χ0) is 55.5. The van der Waals surface area contributed by atoms with Crippen LogP contribution in [0, 0.1) is 0 Å². The molecule has 4 aliphatic rings. The number of ether oxygens (including phenoxy) is 8. The van der Waals surface area contributed by atoms with Crippen LogP contribution in [0.15, 0.2) is 60.7 Å². The van der Waals surface area contributed by atoms with Crippen molar-refractivity contribution in [2.45, 2.75) is 103 Å². The fourth-order valence-electron chi connectivity index (χ4n) is 12.0. The lowest BCUT2D eigenvalue weighted by Gasteiger charge is -2.48. The first-order chi connectivity index (χ1) is 39.3. The van der Waals surface area contributed by atoms with Gasteiger partial charge in [0.05, 0.1) is 72.4 Å². The third-order valence-corrected chi connectivity index (χ3v) is 16.2. The topological polar surface area (TPSA) is 145 Å². The summed E-state index contributed by atoms with van der Waals surface area (Å²) in [4.78, 5) is 32.6. The van der Waals surface area contributed by atoms with Gasteiger partial charge >= 0.3 is 0 Å². The van der Waals surface area contributed by atoms with Crippen molar-refractivity contribution < 1.29 is 42.3 Å². The maximum Gasteiger partial charge on any atom is 0.247 e. The Hall–Kier alpha value is -6.99. The molecule has 0 unspecified atom stereocenters. The first-order valence-corrected chi connectivity index (χ1v) is 28.8. The molecular formula is C61H81FN10O8. The van der Waals surface area contributed by atoms with Crippen LogP contribution < -0.4 is 57.7 Å². The molecule has 4 saturated heterocycles.